The number of hydrazone groups is 1. The Morgan fingerprint density at radius 2 is 1.73 bits per heavy atom. The maximum atomic E-state index is 12.7. The van der Waals surface area contributed by atoms with Gasteiger partial charge in [0.2, 0.25) is 0 Å². The second kappa shape index (κ2) is 5.85. The molecular weight excluding hydrogens is 344 g/mol. The van der Waals surface area contributed by atoms with Gasteiger partial charge in [0.15, 0.2) is 5.78 Å². The summed E-state index contributed by atoms with van der Waals surface area (Å²) in [6.07, 6.45) is 0. The monoisotopic (exact) mass is 356 g/mol. The van der Waals surface area contributed by atoms with E-state index < -0.39 is 5.92 Å². The summed E-state index contributed by atoms with van der Waals surface area (Å²) in [5, 5.41) is 5.56. The van der Waals surface area contributed by atoms with Crippen LogP contribution >= 0.6 is 15.9 Å². The lowest BCUT2D eigenvalue weighted by Gasteiger charge is -2.14. The van der Waals surface area contributed by atoms with Gasteiger partial charge in [-0.15, -0.1) is 0 Å². The zero-order valence-corrected chi connectivity index (χ0v) is 13.4. The summed E-state index contributed by atoms with van der Waals surface area (Å²) < 4.78 is 0.679. The van der Waals surface area contributed by atoms with Crippen LogP contribution in [0.15, 0.2) is 64.2 Å². The van der Waals surface area contributed by atoms with E-state index in [-0.39, 0.29) is 11.7 Å². The van der Waals surface area contributed by atoms with Crippen molar-refractivity contribution in [1.82, 2.24) is 0 Å². The second-order valence-electron chi connectivity index (χ2n) is 5.00. The molecule has 0 bridgehead atoms. The normalized spacial score (nSPS) is 17.5. The van der Waals surface area contributed by atoms with Gasteiger partial charge in [-0.3, -0.25) is 9.59 Å². The molecule has 0 saturated carbocycles. The fourth-order valence-corrected chi connectivity index (χ4v) is 2.92. The van der Waals surface area contributed by atoms with Crippen molar-refractivity contribution in [2.75, 3.05) is 5.01 Å². The van der Waals surface area contributed by atoms with Crippen LogP contribution in [0.2, 0.25) is 0 Å². The topological polar surface area (TPSA) is 49.7 Å². The maximum Gasteiger partial charge on any atom is 0.264 e. The third kappa shape index (κ3) is 2.48. The number of benzene rings is 2. The molecule has 0 spiro atoms. The van der Waals surface area contributed by atoms with E-state index in [0.717, 1.165) is 0 Å². The van der Waals surface area contributed by atoms with Crippen LogP contribution in [0.5, 0.6) is 0 Å². The van der Waals surface area contributed by atoms with Crippen LogP contribution in [0.1, 0.15) is 17.3 Å². The molecule has 1 aliphatic rings. The van der Waals surface area contributed by atoms with E-state index in [1.54, 1.807) is 37.3 Å². The van der Waals surface area contributed by atoms with Crippen LogP contribution in [-0.2, 0) is 4.79 Å². The smallest absolute Gasteiger partial charge is 0.264 e. The third-order valence-electron chi connectivity index (χ3n) is 3.53. The first kappa shape index (κ1) is 14.7. The first-order chi connectivity index (χ1) is 10.6. The summed E-state index contributed by atoms with van der Waals surface area (Å²) in [4.78, 5) is 25.3. The number of amides is 1. The molecule has 110 valence electrons. The molecule has 0 fully saturated rings. The number of nitrogens with zero attached hydrogens (tertiary/aromatic N) is 2. The molecule has 0 saturated heterocycles. The number of carbonyl (C=O) groups excluding carboxylic acids is 2. The summed E-state index contributed by atoms with van der Waals surface area (Å²) >= 11 is 3.36. The summed E-state index contributed by atoms with van der Waals surface area (Å²) in [6, 6.07) is 16.2. The number of hydrogen-bond acceptors (Lipinski definition) is 3. The minimum Gasteiger partial charge on any atom is -0.293 e. The van der Waals surface area contributed by atoms with E-state index in [4.69, 9.17) is 0 Å². The van der Waals surface area contributed by atoms with Crippen molar-refractivity contribution < 1.29 is 9.59 Å². The summed E-state index contributed by atoms with van der Waals surface area (Å²) in [7, 11) is 0. The molecular formula is C17H13BrN2O2. The van der Waals surface area contributed by atoms with Crippen molar-refractivity contribution in [1.29, 1.82) is 0 Å². The molecule has 0 aliphatic carbocycles. The Bertz CT molecular complexity index is 771. The molecule has 1 aliphatic heterocycles. The Morgan fingerprint density at radius 1 is 1.09 bits per heavy atom. The Hall–Kier alpha value is -2.27. The average molecular weight is 357 g/mol. The number of para-hydroxylation sites is 1. The summed E-state index contributed by atoms with van der Waals surface area (Å²) in [6.45, 7) is 1.71. The van der Waals surface area contributed by atoms with Gasteiger partial charge in [-0.05, 0) is 25.1 Å². The zero-order chi connectivity index (χ0) is 15.7. The number of halogens is 1. The molecule has 22 heavy (non-hydrogen) atoms. The van der Waals surface area contributed by atoms with E-state index in [9.17, 15) is 9.59 Å². The maximum absolute atomic E-state index is 12.7. The minimum atomic E-state index is -0.862. The molecule has 2 aromatic carbocycles. The Morgan fingerprint density at radius 3 is 2.41 bits per heavy atom. The second-order valence-corrected chi connectivity index (χ2v) is 5.86. The lowest BCUT2D eigenvalue weighted by molar-refractivity contribution is -0.118. The van der Waals surface area contributed by atoms with E-state index in [1.165, 1.54) is 5.01 Å². The predicted molar refractivity (Wildman–Crippen MR) is 89.0 cm³/mol. The SMILES string of the molecule is CC1=NN(c2ccccc2)C(=O)C1C(=O)c1ccccc1Br. The van der Waals surface area contributed by atoms with E-state index in [0.29, 0.717) is 21.4 Å². The van der Waals surface area contributed by atoms with Crippen LogP contribution in [0, 0.1) is 5.92 Å². The number of carbonyl (C=O) groups is 2. The lowest BCUT2D eigenvalue weighted by Crippen LogP contribution is -2.32. The highest BCUT2D eigenvalue weighted by Crippen LogP contribution is 2.28. The molecule has 1 atom stereocenters. The van der Waals surface area contributed by atoms with Gasteiger partial charge in [-0.25, -0.2) is 0 Å². The van der Waals surface area contributed by atoms with Gasteiger partial charge in [0.1, 0.15) is 5.92 Å². The van der Waals surface area contributed by atoms with Crippen molar-refractivity contribution in [3.63, 3.8) is 0 Å². The number of ketones is 1. The van der Waals surface area contributed by atoms with Crippen LogP contribution < -0.4 is 5.01 Å². The van der Waals surface area contributed by atoms with Crippen LogP contribution in [0.25, 0.3) is 0 Å². The van der Waals surface area contributed by atoms with Gasteiger partial charge < -0.3 is 0 Å². The third-order valence-corrected chi connectivity index (χ3v) is 4.22. The molecule has 0 aromatic heterocycles. The lowest BCUT2D eigenvalue weighted by atomic mass is 9.93. The van der Waals surface area contributed by atoms with Gasteiger partial charge in [-0.1, -0.05) is 52.3 Å². The van der Waals surface area contributed by atoms with Crippen molar-refractivity contribution in [2.45, 2.75) is 6.92 Å². The molecule has 1 amide bonds. The van der Waals surface area contributed by atoms with Crippen molar-refractivity contribution in [3.8, 4) is 0 Å². The molecule has 2 aromatic rings. The fraction of sp³-hybridized carbons (Fsp3) is 0.118. The van der Waals surface area contributed by atoms with Gasteiger partial charge in [-0.2, -0.15) is 10.1 Å². The van der Waals surface area contributed by atoms with E-state index in [1.807, 2.05) is 24.3 Å². The van der Waals surface area contributed by atoms with Gasteiger partial charge >= 0.3 is 0 Å². The van der Waals surface area contributed by atoms with Crippen molar-refractivity contribution >= 4 is 39.0 Å². The molecule has 1 unspecified atom stereocenters. The largest absolute Gasteiger partial charge is 0.293 e. The van der Waals surface area contributed by atoms with E-state index >= 15 is 0 Å². The average Bonchev–Trinajstić information content (AvgIpc) is 2.83. The fourth-order valence-electron chi connectivity index (χ4n) is 2.44. The molecule has 3 rings (SSSR count). The van der Waals surface area contributed by atoms with Gasteiger partial charge in [0.05, 0.1) is 11.4 Å². The summed E-state index contributed by atoms with van der Waals surface area (Å²) in [5.41, 5.74) is 1.66. The van der Waals surface area contributed by atoms with Gasteiger partial charge in [0, 0.05) is 10.0 Å². The summed E-state index contributed by atoms with van der Waals surface area (Å²) in [5.74, 6) is -1.42. The number of hydrogen-bond donors (Lipinski definition) is 0. The van der Waals surface area contributed by atoms with Crippen molar-refractivity contribution in [2.24, 2.45) is 11.0 Å². The highest BCUT2D eigenvalue weighted by Gasteiger charge is 2.40. The first-order valence-corrected chi connectivity index (χ1v) is 7.62. The molecule has 0 radical (unpaired) electrons. The van der Waals surface area contributed by atoms with Crippen LogP contribution in [0.3, 0.4) is 0 Å². The molecule has 1 heterocycles. The Kier molecular flexibility index (Phi) is 3.90. The predicted octanol–water partition coefficient (Wildman–Crippen LogP) is 3.67. The highest BCUT2D eigenvalue weighted by molar-refractivity contribution is 9.10. The number of Topliss-reactive ketones (excluding diaryl/α,β-unsaturated/α-hetero) is 1. The molecule has 5 heteroatoms. The molecule has 4 nitrogen and oxygen atoms in total. The Balaban J connectivity index is 1.94. The molecule has 0 N–H and O–H groups in total. The number of anilines is 1. The van der Waals surface area contributed by atoms with Gasteiger partial charge in [0.25, 0.3) is 5.91 Å². The van der Waals surface area contributed by atoms with Crippen LogP contribution in [-0.4, -0.2) is 17.4 Å². The quantitative estimate of drug-likeness (QED) is 0.622. The first-order valence-electron chi connectivity index (χ1n) is 6.82. The van der Waals surface area contributed by atoms with Crippen molar-refractivity contribution in [3.05, 3.63) is 64.6 Å². The van der Waals surface area contributed by atoms with Crippen LogP contribution in [0.4, 0.5) is 5.69 Å². The zero-order valence-electron chi connectivity index (χ0n) is 11.9. The number of rotatable bonds is 3. The highest BCUT2D eigenvalue weighted by atomic mass is 79.9. The standard InChI is InChI=1S/C17H13BrN2O2/c1-11-15(16(21)13-9-5-6-10-14(13)18)17(22)20(19-11)12-7-3-2-4-8-12/h2-10,15H,1H3. The minimum absolute atomic E-state index is 0.239. The van der Waals surface area contributed by atoms with E-state index in [2.05, 4.69) is 21.0 Å². The Labute approximate surface area is 136 Å².